The van der Waals surface area contributed by atoms with Gasteiger partial charge >= 0.3 is 0 Å². The third-order valence-electron chi connectivity index (χ3n) is 6.24. The van der Waals surface area contributed by atoms with Gasteiger partial charge in [-0.3, -0.25) is 9.59 Å². The Morgan fingerprint density at radius 3 is 2.55 bits per heavy atom. The van der Waals surface area contributed by atoms with E-state index >= 15 is 0 Å². The van der Waals surface area contributed by atoms with E-state index in [1.165, 1.54) is 27.1 Å². The summed E-state index contributed by atoms with van der Waals surface area (Å²) < 4.78 is 30.1. The number of aromatic nitrogens is 3. The molecule has 3 N–H and O–H groups in total. The smallest absolute Gasteiger partial charge is 0.240 e. The average molecular weight is 585 g/mol. The Morgan fingerprint density at radius 1 is 1.07 bits per heavy atom. The highest BCUT2D eigenvalue weighted by Gasteiger charge is 2.38. The number of amides is 2. The molecule has 0 unspecified atom stereocenters. The van der Waals surface area contributed by atoms with Crippen LogP contribution in [0, 0.1) is 0 Å². The van der Waals surface area contributed by atoms with Gasteiger partial charge in [-0.1, -0.05) is 17.7 Å². The number of fused-ring (bicyclic) bond motifs is 1. The predicted octanol–water partition coefficient (Wildman–Crippen LogP) is 4.52. The maximum Gasteiger partial charge on any atom is 0.240 e. The number of nitrogens with zero attached hydrogens (tertiary/aromatic N) is 3. The first-order valence-corrected chi connectivity index (χ1v) is 14.5. The number of halogens is 1. The lowest BCUT2D eigenvalue weighted by Crippen LogP contribution is -2.48. The molecule has 0 spiro atoms. The van der Waals surface area contributed by atoms with Crippen LogP contribution in [0.3, 0.4) is 0 Å². The largest absolute Gasteiger partial charge is 0.456 e. The highest BCUT2D eigenvalue weighted by molar-refractivity contribution is 7.92. The molecule has 2 aromatic heterocycles. The molecule has 0 saturated carbocycles. The minimum Gasteiger partial charge on any atom is -0.456 e. The third kappa shape index (κ3) is 6.52. The van der Waals surface area contributed by atoms with E-state index in [0.29, 0.717) is 51.3 Å². The van der Waals surface area contributed by atoms with E-state index in [9.17, 15) is 18.0 Å². The molecule has 2 amide bonds. The first-order chi connectivity index (χ1) is 18.8. The second-order valence-electron chi connectivity index (χ2n) is 9.58. The van der Waals surface area contributed by atoms with Crippen LogP contribution in [-0.4, -0.2) is 52.3 Å². The molecule has 2 heterocycles. The van der Waals surface area contributed by atoms with Crippen molar-refractivity contribution in [1.82, 2.24) is 19.9 Å². The van der Waals surface area contributed by atoms with Crippen LogP contribution in [0.5, 0.6) is 11.5 Å². The molecule has 210 valence electrons. The number of ether oxygens (including phenoxy) is 1. The molecule has 0 aliphatic carbocycles. The highest BCUT2D eigenvalue weighted by Crippen LogP contribution is 2.34. The Morgan fingerprint density at radius 2 is 1.85 bits per heavy atom. The molecule has 0 fully saturated rings. The summed E-state index contributed by atoms with van der Waals surface area (Å²) in [6.45, 7) is 4.75. The highest BCUT2D eigenvalue weighted by atomic mass is 35.5. The van der Waals surface area contributed by atoms with Crippen molar-refractivity contribution in [1.29, 1.82) is 0 Å². The van der Waals surface area contributed by atoms with Crippen LogP contribution in [-0.2, 0) is 26.0 Å². The molecule has 0 bridgehead atoms. The topological polar surface area (TPSA) is 144 Å². The summed E-state index contributed by atoms with van der Waals surface area (Å²) in [5.74, 6) is 0.703. The van der Waals surface area contributed by atoms with Crippen molar-refractivity contribution >= 4 is 61.5 Å². The molecule has 11 nitrogen and oxygen atoms in total. The Kier molecular flexibility index (Phi) is 8.31. The molecule has 2 aromatic carbocycles. The van der Waals surface area contributed by atoms with E-state index in [4.69, 9.17) is 16.3 Å². The summed E-state index contributed by atoms with van der Waals surface area (Å²) in [4.78, 5) is 32.5. The zero-order valence-electron chi connectivity index (χ0n) is 22.4. The van der Waals surface area contributed by atoms with Crippen molar-refractivity contribution < 1.29 is 22.7 Å². The molecule has 0 radical (unpaired) electrons. The van der Waals surface area contributed by atoms with Crippen molar-refractivity contribution in [2.75, 3.05) is 23.4 Å². The SMILES string of the molecule is CC(=O)Nc1cccc(Oc2ccc(Nc3ncnc4ccn(CCNC(=O)C(C)(C)S(C)(=O)=O)c34)cc2Cl)c1. The average Bonchev–Trinajstić information content (AvgIpc) is 3.29. The van der Waals surface area contributed by atoms with Crippen LogP contribution in [0.25, 0.3) is 11.0 Å². The van der Waals surface area contributed by atoms with Gasteiger partial charge in [-0.05, 0) is 50.2 Å². The molecule has 4 rings (SSSR count). The number of hydrogen-bond acceptors (Lipinski definition) is 8. The van der Waals surface area contributed by atoms with Crippen molar-refractivity contribution in [2.45, 2.75) is 32.1 Å². The van der Waals surface area contributed by atoms with Crippen LogP contribution in [0.1, 0.15) is 20.8 Å². The maximum absolute atomic E-state index is 12.5. The monoisotopic (exact) mass is 584 g/mol. The maximum atomic E-state index is 12.5. The van der Waals surface area contributed by atoms with Gasteiger partial charge in [0.25, 0.3) is 0 Å². The second kappa shape index (κ2) is 11.5. The lowest BCUT2D eigenvalue weighted by Gasteiger charge is -2.21. The first-order valence-electron chi connectivity index (χ1n) is 12.2. The Labute approximate surface area is 236 Å². The third-order valence-corrected chi connectivity index (χ3v) is 8.57. The van der Waals surface area contributed by atoms with Crippen LogP contribution < -0.4 is 20.7 Å². The summed E-state index contributed by atoms with van der Waals surface area (Å²) in [5, 5.41) is 9.01. The van der Waals surface area contributed by atoms with E-state index in [2.05, 4.69) is 25.9 Å². The van der Waals surface area contributed by atoms with Crippen molar-refractivity contribution in [2.24, 2.45) is 0 Å². The van der Waals surface area contributed by atoms with Crippen molar-refractivity contribution in [3.63, 3.8) is 0 Å². The predicted molar refractivity (Wildman–Crippen MR) is 155 cm³/mol. The summed E-state index contributed by atoms with van der Waals surface area (Å²) in [7, 11) is -3.58. The first kappa shape index (κ1) is 28.8. The zero-order chi connectivity index (χ0) is 29.1. The number of hydrogen-bond donors (Lipinski definition) is 3. The van der Waals surface area contributed by atoms with Gasteiger partial charge < -0.3 is 25.3 Å². The molecular weight excluding hydrogens is 556 g/mol. The second-order valence-corrected chi connectivity index (χ2v) is 12.6. The fourth-order valence-corrected chi connectivity index (χ4v) is 4.38. The lowest BCUT2D eigenvalue weighted by molar-refractivity contribution is -0.122. The van der Waals surface area contributed by atoms with E-state index < -0.39 is 20.5 Å². The summed E-state index contributed by atoms with van der Waals surface area (Å²) in [6, 6.07) is 14.0. The summed E-state index contributed by atoms with van der Waals surface area (Å²) >= 11 is 6.51. The number of anilines is 3. The van der Waals surface area contributed by atoms with E-state index in [1.807, 2.05) is 16.8 Å². The van der Waals surface area contributed by atoms with E-state index in [0.717, 1.165) is 6.26 Å². The molecule has 0 saturated heterocycles. The van der Waals surface area contributed by atoms with Gasteiger partial charge in [0.05, 0.1) is 10.5 Å². The van der Waals surface area contributed by atoms with Gasteiger partial charge in [-0.2, -0.15) is 0 Å². The molecule has 13 heteroatoms. The number of carbonyl (C=O) groups is 2. The fraction of sp³-hybridized carbons (Fsp3) is 0.259. The molecule has 0 aliphatic heterocycles. The van der Waals surface area contributed by atoms with Gasteiger partial charge in [-0.15, -0.1) is 0 Å². The fourth-order valence-electron chi connectivity index (χ4n) is 3.75. The van der Waals surface area contributed by atoms with Gasteiger partial charge in [0.2, 0.25) is 11.8 Å². The number of nitrogens with one attached hydrogen (secondary N) is 3. The number of sulfone groups is 1. The van der Waals surface area contributed by atoms with Gasteiger partial charge in [0.1, 0.15) is 28.1 Å². The van der Waals surface area contributed by atoms with E-state index in [1.54, 1.807) is 42.5 Å². The number of rotatable bonds is 10. The molecule has 0 aliphatic rings. The molecule has 0 atom stereocenters. The Balaban J connectivity index is 1.48. The van der Waals surface area contributed by atoms with Crippen molar-refractivity contribution in [3.05, 3.63) is 66.1 Å². The van der Waals surface area contributed by atoms with Crippen LogP contribution in [0.15, 0.2) is 61.1 Å². The Bertz CT molecular complexity index is 1690. The van der Waals surface area contributed by atoms with Gasteiger partial charge in [0.15, 0.2) is 15.7 Å². The van der Waals surface area contributed by atoms with Crippen LogP contribution in [0.2, 0.25) is 5.02 Å². The van der Waals surface area contributed by atoms with Gasteiger partial charge in [-0.25, -0.2) is 18.4 Å². The lowest BCUT2D eigenvalue weighted by atomic mass is 10.2. The molecular formula is C27H29ClN6O5S. The van der Waals surface area contributed by atoms with Crippen LogP contribution in [0.4, 0.5) is 17.2 Å². The van der Waals surface area contributed by atoms with Crippen molar-refractivity contribution in [3.8, 4) is 11.5 Å². The van der Waals surface area contributed by atoms with Gasteiger partial charge in [0, 0.05) is 49.9 Å². The standard InChI is InChI=1S/C27H29ClN6O5S/c1-17(35)32-18-6-5-7-20(14-18)39-23-9-8-19(15-21(23)28)33-25-24-22(30-16-31-25)10-12-34(24)13-11-29-26(36)27(2,3)40(4,37)38/h5-10,12,14-16H,11,13H2,1-4H3,(H,29,36)(H,32,35)(H,30,31,33). The minimum atomic E-state index is -3.58. The minimum absolute atomic E-state index is 0.184. The number of benzene rings is 2. The Hall–Kier alpha value is -4.16. The van der Waals surface area contributed by atoms with E-state index in [-0.39, 0.29) is 12.5 Å². The summed E-state index contributed by atoms with van der Waals surface area (Å²) in [5.41, 5.74) is 2.64. The normalized spacial score (nSPS) is 11.7. The summed E-state index contributed by atoms with van der Waals surface area (Å²) in [6.07, 6.45) is 4.29. The van der Waals surface area contributed by atoms with Crippen LogP contribution >= 0.6 is 11.6 Å². The quantitative estimate of drug-likeness (QED) is 0.247. The molecule has 40 heavy (non-hydrogen) atoms. The zero-order valence-corrected chi connectivity index (χ0v) is 23.9. The number of carbonyl (C=O) groups excluding carboxylic acids is 2. The molecule has 4 aromatic rings.